The molecule has 1 fully saturated rings. The Morgan fingerprint density at radius 2 is 1.79 bits per heavy atom. The van der Waals surface area contributed by atoms with Crippen LogP contribution in [0.1, 0.15) is 63.3 Å². The highest BCUT2D eigenvalue weighted by molar-refractivity contribution is 7.16. The van der Waals surface area contributed by atoms with Gasteiger partial charge < -0.3 is 10.6 Å². The van der Waals surface area contributed by atoms with E-state index in [1.807, 2.05) is 13.8 Å². The molecule has 2 N–H and O–H groups in total. The number of hydrogen-bond acceptors (Lipinski definition) is 5. The van der Waals surface area contributed by atoms with Gasteiger partial charge in [0, 0.05) is 17.0 Å². The quantitative estimate of drug-likeness (QED) is 0.565. The summed E-state index contributed by atoms with van der Waals surface area (Å²) >= 11 is 1.31. The van der Waals surface area contributed by atoms with Gasteiger partial charge in [0.25, 0.3) is 17.5 Å². The molecule has 1 heterocycles. The van der Waals surface area contributed by atoms with Crippen molar-refractivity contribution >= 4 is 33.8 Å². The molecule has 0 aliphatic heterocycles. The number of nitro groups is 1. The molecule has 148 valence electrons. The van der Waals surface area contributed by atoms with Crippen LogP contribution in [0.2, 0.25) is 0 Å². The predicted octanol–water partition coefficient (Wildman–Crippen LogP) is 4.59. The van der Waals surface area contributed by atoms with Crippen LogP contribution in [0.5, 0.6) is 0 Å². The fourth-order valence-electron chi connectivity index (χ4n) is 3.49. The summed E-state index contributed by atoms with van der Waals surface area (Å²) in [7, 11) is 0. The van der Waals surface area contributed by atoms with Gasteiger partial charge in [-0.1, -0.05) is 31.4 Å². The Balaban J connectivity index is 1.85. The Morgan fingerprint density at radius 3 is 2.46 bits per heavy atom. The van der Waals surface area contributed by atoms with Crippen molar-refractivity contribution in [2.24, 2.45) is 0 Å². The number of para-hydroxylation sites is 1. The predicted molar refractivity (Wildman–Crippen MR) is 109 cm³/mol. The zero-order valence-electron chi connectivity index (χ0n) is 15.9. The van der Waals surface area contributed by atoms with Crippen molar-refractivity contribution in [3.05, 3.63) is 55.9 Å². The van der Waals surface area contributed by atoms with Crippen LogP contribution in [0.15, 0.2) is 24.3 Å². The number of benzene rings is 1. The number of carbonyl (C=O) groups excluding carboxylic acids is 2. The van der Waals surface area contributed by atoms with Crippen molar-refractivity contribution in [1.82, 2.24) is 5.32 Å². The number of hydrogen-bond donors (Lipinski definition) is 2. The van der Waals surface area contributed by atoms with Crippen molar-refractivity contribution in [2.45, 2.75) is 52.0 Å². The van der Waals surface area contributed by atoms with Crippen molar-refractivity contribution in [1.29, 1.82) is 0 Å². The minimum atomic E-state index is -0.597. The van der Waals surface area contributed by atoms with E-state index in [0.717, 1.165) is 36.1 Å². The van der Waals surface area contributed by atoms with E-state index in [1.165, 1.54) is 36.0 Å². The SMILES string of the molecule is Cc1sc(NC(=O)c2ccccc2[N+](=O)[O-])c(C(=O)NC2CCCCC2)c1C. The maximum absolute atomic E-state index is 12.9. The summed E-state index contributed by atoms with van der Waals surface area (Å²) < 4.78 is 0. The van der Waals surface area contributed by atoms with Crippen molar-refractivity contribution in [3.63, 3.8) is 0 Å². The molecule has 28 heavy (non-hydrogen) atoms. The Kier molecular flexibility index (Phi) is 6.08. The molecule has 3 rings (SSSR count). The van der Waals surface area contributed by atoms with Crippen LogP contribution < -0.4 is 10.6 Å². The Labute approximate surface area is 167 Å². The van der Waals surface area contributed by atoms with Gasteiger partial charge in [-0.05, 0) is 38.3 Å². The molecule has 0 radical (unpaired) electrons. The molecule has 2 amide bonds. The Morgan fingerprint density at radius 1 is 1.11 bits per heavy atom. The molecule has 0 saturated heterocycles. The Bertz CT molecular complexity index is 916. The van der Waals surface area contributed by atoms with Crippen LogP contribution >= 0.6 is 11.3 Å². The first-order valence-electron chi connectivity index (χ1n) is 9.34. The van der Waals surface area contributed by atoms with E-state index in [-0.39, 0.29) is 23.2 Å². The van der Waals surface area contributed by atoms with Gasteiger partial charge in [0.2, 0.25) is 0 Å². The molecule has 2 aromatic rings. The number of amides is 2. The molecule has 1 saturated carbocycles. The maximum Gasteiger partial charge on any atom is 0.282 e. The highest BCUT2D eigenvalue weighted by atomic mass is 32.1. The number of anilines is 1. The van der Waals surface area contributed by atoms with Crippen molar-refractivity contribution in [3.8, 4) is 0 Å². The largest absolute Gasteiger partial charge is 0.349 e. The minimum absolute atomic E-state index is 0.0326. The van der Waals surface area contributed by atoms with Gasteiger partial charge in [0.15, 0.2) is 0 Å². The molecular formula is C20H23N3O4S. The molecule has 1 aromatic heterocycles. The van der Waals surface area contributed by atoms with Gasteiger partial charge in [-0.2, -0.15) is 0 Å². The molecule has 0 spiro atoms. The van der Waals surface area contributed by atoms with Crippen LogP contribution in [0.4, 0.5) is 10.7 Å². The van der Waals surface area contributed by atoms with Crippen molar-refractivity contribution < 1.29 is 14.5 Å². The number of nitrogens with zero attached hydrogens (tertiary/aromatic N) is 1. The highest BCUT2D eigenvalue weighted by Gasteiger charge is 2.26. The smallest absolute Gasteiger partial charge is 0.282 e. The summed E-state index contributed by atoms with van der Waals surface area (Å²) in [6.45, 7) is 3.74. The average Bonchev–Trinajstić information content (AvgIpc) is 2.96. The van der Waals surface area contributed by atoms with E-state index >= 15 is 0 Å². The number of carbonyl (C=O) groups is 2. The monoisotopic (exact) mass is 401 g/mol. The van der Waals surface area contributed by atoms with E-state index in [9.17, 15) is 19.7 Å². The van der Waals surface area contributed by atoms with Crippen LogP contribution in [0.25, 0.3) is 0 Å². The summed E-state index contributed by atoms with van der Waals surface area (Å²) in [6.07, 6.45) is 5.33. The number of thiophene rings is 1. The van der Waals surface area contributed by atoms with Crippen LogP contribution in [0, 0.1) is 24.0 Å². The summed E-state index contributed by atoms with van der Waals surface area (Å²) in [6, 6.07) is 5.93. The zero-order chi connectivity index (χ0) is 20.3. The molecule has 8 heteroatoms. The number of aryl methyl sites for hydroxylation is 1. The molecule has 1 aromatic carbocycles. The van der Waals surface area contributed by atoms with Crippen LogP contribution in [-0.2, 0) is 0 Å². The molecular weight excluding hydrogens is 378 g/mol. The maximum atomic E-state index is 12.9. The summed E-state index contributed by atoms with van der Waals surface area (Å²) in [5.74, 6) is -0.799. The Hall–Kier alpha value is -2.74. The second-order valence-electron chi connectivity index (χ2n) is 7.02. The lowest BCUT2D eigenvalue weighted by Crippen LogP contribution is -2.36. The molecule has 7 nitrogen and oxygen atoms in total. The highest BCUT2D eigenvalue weighted by Crippen LogP contribution is 2.33. The molecule has 1 aliphatic carbocycles. The lowest BCUT2D eigenvalue weighted by Gasteiger charge is -2.23. The van der Waals surface area contributed by atoms with E-state index in [2.05, 4.69) is 10.6 Å². The van der Waals surface area contributed by atoms with Crippen LogP contribution in [-0.4, -0.2) is 22.8 Å². The number of rotatable bonds is 5. The van der Waals surface area contributed by atoms with E-state index < -0.39 is 10.8 Å². The second-order valence-corrected chi connectivity index (χ2v) is 8.25. The summed E-state index contributed by atoms with van der Waals surface area (Å²) in [4.78, 5) is 37.1. The second kappa shape index (κ2) is 8.52. The number of nitro benzene ring substituents is 1. The third kappa shape index (κ3) is 4.22. The first kappa shape index (κ1) is 20.0. The van der Waals surface area contributed by atoms with Crippen molar-refractivity contribution in [2.75, 3.05) is 5.32 Å². The fraction of sp³-hybridized carbons (Fsp3) is 0.400. The summed E-state index contributed by atoms with van der Waals surface area (Å²) in [5.41, 5.74) is 0.962. The molecule has 0 bridgehead atoms. The molecule has 1 aliphatic rings. The zero-order valence-corrected chi connectivity index (χ0v) is 16.7. The standard InChI is InChI=1S/C20H23N3O4S/c1-12-13(2)28-20(17(12)19(25)21-14-8-4-3-5-9-14)22-18(24)15-10-6-7-11-16(15)23(26)27/h6-7,10-11,14H,3-5,8-9H2,1-2H3,(H,21,25)(H,22,24). The van der Waals surface area contributed by atoms with E-state index in [1.54, 1.807) is 6.07 Å². The van der Waals surface area contributed by atoms with Gasteiger partial charge >= 0.3 is 0 Å². The lowest BCUT2D eigenvalue weighted by molar-refractivity contribution is -0.385. The van der Waals surface area contributed by atoms with Crippen LogP contribution in [0.3, 0.4) is 0 Å². The third-order valence-corrected chi connectivity index (χ3v) is 6.25. The first-order chi connectivity index (χ1) is 13.4. The molecule has 0 unspecified atom stereocenters. The van der Waals surface area contributed by atoms with Gasteiger partial charge in [0.1, 0.15) is 10.6 Å². The normalized spacial score (nSPS) is 14.5. The third-order valence-electron chi connectivity index (χ3n) is 5.13. The molecule has 0 atom stereocenters. The van der Waals surface area contributed by atoms with Gasteiger partial charge in [0.05, 0.1) is 10.5 Å². The minimum Gasteiger partial charge on any atom is -0.349 e. The first-order valence-corrected chi connectivity index (χ1v) is 10.2. The summed E-state index contributed by atoms with van der Waals surface area (Å²) in [5, 5.41) is 17.4. The van der Waals surface area contributed by atoms with E-state index in [4.69, 9.17) is 0 Å². The number of nitrogens with one attached hydrogen (secondary N) is 2. The average molecular weight is 401 g/mol. The lowest BCUT2D eigenvalue weighted by atomic mass is 9.95. The van der Waals surface area contributed by atoms with Gasteiger partial charge in [-0.15, -0.1) is 11.3 Å². The fourth-order valence-corrected chi connectivity index (χ4v) is 4.54. The topological polar surface area (TPSA) is 101 Å². The van der Waals surface area contributed by atoms with E-state index in [0.29, 0.717) is 10.6 Å². The van der Waals surface area contributed by atoms with Gasteiger partial charge in [-0.3, -0.25) is 19.7 Å². The van der Waals surface area contributed by atoms with Gasteiger partial charge in [-0.25, -0.2) is 0 Å².